The van der Waals surface area contributed by atoms with Crippen molar-refractivity contribution >= 4 is 17.5 Å². The Morgan fingerprint density at radius 1 is 1.00 bits per heavy atom. The zero-order valence-electron chi connectivity index (χ0n) is 13.9. The number of halogens is 1. The molecule has 24 heavy (non-hydrogen) atoms. The van der Waals surface area contributed by atoms with Crippen LogP contribution in [0.25, 0.3) is 0 Å². The molecule has 0 heterocycles. The van der Waals surface area contributed by atoms with E-state index in [1.54, 1.807) is 0 Å². The van der Waals surface area contributed by atoms with E-state index < -0.39 is 6.29 Å². The Bertz CT molecular complexity index is 642. The Morgan fingerprint density at radius 2 is 1.58 bits per heavy atom. The lowest BCUT2D eigenvalue weighted by atomic mass is 9.98. The molecule has 0 saturated carbocycles. The Hall–Kier alpha value is -1.88. The Kier molecular flexibility index (Phi) is 7.25. The summed E-state index contributed by atoms with van der Waals surface area (Å²) in [4.78, 5) is 12.6. The Balaban J connectivity index is 2.30. The van der Waals surface area contributed by atoms with Crippen LogP contribution in [0.3, 0.4) is 0 Å². The van der Waals surface area contributed by atoms with Gasteiger partial charge in [0.15, 0.2) is 0 Å². The van der Waals surface area contributed by atoms with Crippen molar-refractivity contribution < 1.29 is 14.3 Å². The van der Waals surface area contributed by atoms with Crippen molar-refractivity contribution in [3.8, 4) is 0 Å². The normalized spacial score (nSPS) is 12.2. The van der Waals surface area contributed by atoms with Crippen molar-refractivity contribution in [1.82, 2.24) is 5.32 Å². The van der Waals surface area contributed by atoms with Crippen LogP contribution in [0, 0.1) is 0 Å². The van der Waals surface area contributed by atoms with Gasteiger partial charge in [-0.1, -0.05) is 60.1 Å². The molecule has 2 rings (SSSR count). The molecule has 0 aliphatic heterocycles. The van der Waals surface area contributed by atoms with Crippen molar-refractivity contribution in [3.63, 3.8) is 0 Å². The van der Waals surface area contributed by atoms with Gasteiger partial charge in [-0.3, -0.25) is 4.79 Å². The van der Waals surface area contributed by atoms with Crippen LogP contribution in [0.5, 0.6) is 0 Å². The van der Waals surface area contributed by atoms with Gasteiger partial charge in [-0.2, -0.15) is 0 Å². The lowest BCUT2D eigenvalue weighted by Crippen LogP contribution is -2.40. The van der Waals surface area contributed by atoms with Crippen molar-refractivity contribution in [1.29, 1.82) is 0 Å². The standard InChI is InChI=1S/C19H22ClNO3/c1-3-23-19(24-4-2)18(22)21-17(14-10-6-5-7-11-14)15-12-8-9-13-16(15)20/h5-13,17,19H,3-4H2,1-2H3,(H,21,22). The lowest BCUT2D eigenvalue weighted by molar-refractivity contribution is -0.170. The largest absolute Gasteiger partial charge is 0.345 e. The molecule has 0 spiro atoms. The number of carbonyl (C=O) groups excluding carboxylic acids is 1. The predicted molar refractivity (Wildman–Crippen MR) is 94.9 cm³/mol. The van der Waals surface area contributed by atoms with Crippen molar-refractivity contribution in [2.75, 3.05) is 13.2 Å². The minimum Gasteiger partial charge on any atom is -0.345 e. The van der Waals surface area contributed by atoms with Crippen LogP contribution in [0.15, 0.2) is 54.6 Å². The van der Waals surface area contributed by atoms with Crippen molar-refractivity contribution in [3.05, 3.63) is 70.7 Å². The summed E-state index contributed by atoms with van der Waals surface area (Å²) >= 11 is 6.34. The maximum atomic E-state index is 12.6. The number of carbonyl (C=O) groups is 1. The van der Waals surface area contributed by atoms with E-state index in [1.165, 1.54) is 0 Å². The third-order valence-electron chi connectivity index (χ3n) is 3.49. The Morgan fingerprint density at radius 3 is 2.17 bits per heavy atom. The van der Waals surface area contributed by atoms with Crippen LogP contribution in [0.4, 0.5) is 0 Å². The van der Waals surface area contributed by atoms with Crippen LogP contribution in [0.1, 0.15) is 31.0 Å². The van der Waals surface area contributed by atoms with Gasteiger partial charge in [0.1, 0.15) is 0 Å². The average molecular weight is 348 g/mol. The highest BCUT2D eigenvalue weighted by Crippen LogP contribution is 2.28. The molecule has 2 aromatic carbocycles. The molecule has 1 atom stereocenters. The fourth-order valence-electron chi connectivity index (χ4n) is 2.41. The molecule has 1 unspecified atom stereocenters. The van der Waals surface area contributed by atoms with Crippen LogP contribution < -0.4 is 5.32 Å². The fraction of sp³-hybridized carbons (Fsp3) is 0.316. The second-order valence-corrected chi connectivity index (χ2v) is 5.52. The van der Waals surface area contributed by atoms with E-state index in [1.807, 2.05) is 68.4 Å². The molecule has 0 fully saturated rings. The number of amides is 1. The van der Waals surface area contributed by atoms with Crippen molar-refractivity contribution in [2.45, 2.75) is 26.2 Å². The van der Waals surface area contributed by atoms with E-state index in [4.69, 9.17) is 21.1 Å². The lowest BCUT2D eigenvalue weighted by Gasteiger charge is -2.24. The number of benzene rings is 2. The second kappa shape index (κ2) is 9.42. The molecule has 4 nitrogen and oxygen atoms in total. The van der Waals surface area contributed by atoms with Gasteiger partial charge < -0.3 is 14.8 Å². The molecule has 0 aliphatic carbocycles. The summed E-state index contributed by atoms with van der Waals surface area (Å²) in [6.45, 7) is 4.42. The summed E-state index contributed by atoms with van der Waals surface area (Å²) < 4.78 is 10.8. The summed E-state index contributed by atoms with van der Waals surface area (Å²) in [5, 5.41) is 3.58. The molecular weight excluding hydrogens is 326 g/mol. The molecule has 0 aliphatic rings. The molecule has 0 bridgehead atoms. The van der Waals surface area contributed by atoms with Crippen LogP contribution >= 0.6 is 11.6 Å². The third kappa shape index (κ3) is 4.81. The summed E-state index contributed by atoms with van der Waals surface area (Å²) in [5.41, 5.74) is 1.76. The van der Waals surface area contributed by atoms with Gasteiger partial charge in [0.25, 0.3) is 5.91 Å². The zero-order chi connectivity index (χ0) is 17.4. The SMILES string of the molecule is CCOC(OCC)C(=O)NC(c1ccccc1)c1ccccc1Cl. The summed E-state index contributed by atoms with van der Waals surface area (Å²) in [7, 11) is 0. The summed E-state index contributed by atoms with van der Waals surface area (Å²) in [6, 6.07) is 16.8. The fourth-order valence-corrected chi connectivity index (χ4v) is 2.65. The Labute approximate surface area is 147 Å². The van der Waals surface area contributed by atoms with Crippen LogP contribution in [0.2, 0.25) is 5.02 Å². The first-order chi connectivity index (χ1) is 11.7. The van der Waals surface area contributed by atoms with Gasteiger partial charge in [0.05, 0.1) is 6.04 Å². The summed E-state index contributed by atoms with van der Waals surface area (Å²) in [6.07, 6.45) is -0.936. The maximum absolute atomic E-state index is 12.6. The quantitative estimate of drug-likeness (QED) is 0.736. The second-order valence-electron chi connectivity index (χ2n) is 5.12. The molecule has 1 amide bonds. The molecule has 0 saturated heterocycles. The van der Waals surface area contributed by atoms with Gasteiger partial charge in [0.2, 0.25) is 6.29 Å². The highest BCUT2D eigenvalue weighted by atomic mass is 35.5. The summed E-state index contributed by atoms with van der Waals surface area (Å²) in [5.74, 6) is -0.326. The zero-order valence-corrected chi connectivity index (χ0v) is 14.6. The van der Waals surface area contributed by atoms with Gasteiger partial charge in [-0.15, -0.1) is 0 Å². The van der Waals surface area contributed by atoms with Gasteiger partial charge in [0, 0.05) is 18.2 Å². The number of rotatable bonds is 8. The van der Waals surface area contributed by atoms with Gasteiger partial charge in [-0.05, 0) is 31.0 Å². The third-order valence-corrected chi connectivity index (χ3v) is 3.83. The molecular formula is C19H22ClNO3. The van der Waals surface area contributed by atoms with Crippen LogP contribution in [-0.2, 0) is 14.3 Å². The minimum atomic E-state index is -0.936. The predicted octanol–water partition coefficient (Wildman–Crippen LogP) is 3.94. The number of ether oxygens (including phenoxy) is 2. The van der Waals surface area contributed by atoms with E-state index in [2.05, 4.69) is 5.32 Å². The highest BCUT2D eigenvalue weighted by molar-refractivity contribution is 6.31. The van der Waals surface area contributed by atoms with E-state index in [-0.39, 0.29) is 11.9 Å². The topological polar surface area (TPSA) is 47.6 Å². The first-order valence-electron chi connectivity index (χ1n) is 8.00. The average Bonchev–Trinajstić information content (AvgIpc) is 2.61. The van der Waals surface area contributed by atoms with E-state index in [0.717, 1.165) is 11.1 Å². The van der Waals surface area contributed by atoms with E-state index >= 15 is 0 Å². The first kappa shape index (κ1) is 18.5. The monoisotopic (exact) mass is 347 g/mol. The molecule has 1 N–H and O–H groups in total. The van der Waals surface area contributed by atoms with Gasteiger partial charge in [-0.25, -0.2) is 0 Å². The number of hydrogen-bond donors (Lipinski definition) is 1. The van der Waals surface area contributed by atoms with E-state index in [9.17, 15) is 4.79 Å². The number of nitrogens with one attached hydrogen (secondary N) is 1. The van der Waals surface area contributed by atoms with Crippen molar-refractivity contribution in [2.24, 2.45) is 0 Å². The van der Waals surface area contributed by atoms with Gasteiger partial charge >= 0.3 is 0 Å². The van der Waals surface area contributed by atoms with Crippen LogP contribution in [-0.4, -0.2) is 25.4 Å². The van der Waals surface area contributed by atoms with E-state index in [0.29, 0.717) is 18.2 Å². The smallest absolute Gasteiger partial charge is 0.277 e. The minimum absolute atomic E-state index is 0.326. The molecule has 0 aromatic heterocycles. The molecule has 2 aromatic rings. The highest BCUT2D eigenvalue weighted by Gasteiger charge is 2.25. The maximum Gasteiger partial charge on any atom is 0.277 e. The molecule has 5 heteroatoms. The molecule has 128 valence electrons. The number of hydrogen-bond acceptors (Lipinski definition) is 3. The first-order valence-corrected chi connectivity index (χ1v) is 8.38. The molecule has 0 radical (unpaired) electrons.